The molecule has 1 heterocycles. The van der Waals surface area contributed by atoms with Crippen molar-refractivity contribution in [2.75, 3.05) is 13.7 Å². The summed E-state index contributed by atoms with van der Waals surface area (Å²) in [6, 6.07) is 14.7. The number of benzene rings is 2. The molecule has 0 atom stereocenters. The van der Waals surface area contributed by atoms with Crippen molar-refractivity contribution in [1.82, 2.24) is 15.5 Å². The maximum Gasteiger partial charge on any atom is 0.308 e. The number of methoxy groups -OCH3 is 1. The first kappa shape index (κ1) is 17.0. The molecule has 0 aliphatic carbocycles. The molecule has 25 heavy (non-hydrogen) atoms. The molecule has 1 aromatic heterocycles. The van der Waals surface area contributed by atoms with Crippen molar-refractivity contribution >= 4 is 17.5 Å². The molecule has 0 bridgehead atoms. The molecule has 0 saturated carbocycles. The van der Waals surface area contributed by atoms with Gasteiger partial charge in [-0.3, -0.25) is 4.79 Å². The molecule has 0 fully saturated rings. The summed E-state index contributed by atoms with van der Waals surface area (Å²) in [5.41, 5.74) is 1.76. The average Bonchev–Trinajstić information content (AvgIpc) is 3.14. The Morgan fingerprint density at radius 1 is 1.20 bits per heavy atom. The molecule has 0 saturated heterocycles. The van der Waals surface area contributed by atoms with Crippen LogP contribution in [0, 0.1) is 0 Å². The lowest BCUT2D eigenvalue weighted by Gasteiger charge is -2.03. The van der Waals surface area contributed by atoms with Gasteiger partial charge in [-0.15, -0.1) is 10.2 Å². The fourth-order valence-corrected chi connectivity index (χ4v) is 2.36. The summed E-state index contributed by atoms with van der Waals surface area (Å²) in [7, 11) is 1.58. The van der Waals surface area contributed by atoms with Gasteiger partial charge in [0.2, 0.25) is 5.89 Å². The molecule has 0 unspecified atom stereocenters. The van der Waals surface area contributed by atoms with Gasteiger partial charge in [0.25, 0.3) is 0 Å². The van der Waals surface area contributed by atoms with E-state index in [0.29, 0.717) is 29.3 Å². The Morgan fingerprint density at radius 3 is 2.76 bits per heavy atom. The molecule has 0 radical (unpaired) electrons. The van der Waals surface area contributed by atoms with Gasteiger partial charge in [0, 0.05) is 17.1 Å². The van der Waals surface area contributed by atoms with Gasteiger partial charge in [-0.05, 0) is 42.3 Å². The largest absolute Gasteiger partial charge is 0.497 e. The molecular weight excluding hydrogens is 342 g/mol. The first-order valence-corrected chi connectivity index (χ1v) is 8.04. The molecule has 0 aliphatic heterocycles. The quantitative estimate of drug-likeness (QED) is 0.731. The van der Waals surface area contributed by atoms with Crippen LogP contribution in [0.25, 0.3) is 11.5 Å². The summed E-state index contributed by atoms with van der Waals surface area (Å²) in [4.78, 5) is 12.1. The third kappa shape index (κ3) is 4.36. The maximum absolute atomic E-state index is 12.1. The Bertz CT molecular complexity index is 862. The summed E-state index contributed by atoms with van der Waals surface area (Å²) in [6.07, 6.45) is 0.680. The maximum atomic E-state index is 12.1. The highest BCUT2D eigenvalue weighted by Gasteiger charge is 2.15. The second-order valence-corrected chi connectivity index (χ2v) is 5.71. The van der Waals surface area contributed by atoms with E-state index in [1.165, 1.54) is 0 Å². The van der Waals surface area contributed by atoms with E-state index < -0.39 is 5.91 Å². The number of ether oxygens (including phenoxy) is 1. The van der Waals surface area contributed by atoms with Gasteiger partial charge in [-0.2, -0.15) is 0 Å². The third-order valence-corrected chi connectivity index (χ3v) is 3.80. The lowest BCUT2D eigenvalue weighted by atomic mass is 10.1. The Labute approximate surface area is 149 Å². The molecule has 1 N–H and O–H groups in total. The van der Waals surface area contributed by atoms with Crippen molar-refractivity contribution in [2.24, 2.45) is 0 Å². The van der Waals surface area contributed by atoms with Gasteiger partial charge in [0.15, 0.2) is 0 Å². The Balaban J connectivity index is 1.59. The van der Waals surface area contributed by atoms with E-state index in [2.05, 4.69) is 15.5 Å². The molecule has 0 aliphatic rings. The number of amides is 1. The van der Waals surface area contributed by atoms with Crippen LogP contribution in [0.5, 0.6) is 5.75 Å². The molecule has 1 amide bonds. The molecule has 128 valence electrons. The van der Waals surface area contributed by atoms with Gasteiger partial charge in [-0.25, -0.2) is 0 Å². The van der Waals surface area contributed by atoms with E-state index in [-0.39, 0.29) is 11.8 Å². The summed E-state index contributed by atoms with van der Waals surface area (Å²) >= 11 is 5.84. The summed E-state index contributed by atoms with van der Waals surface area (Å²) < 4.78 is 10.6. The van der Waals surface area contributed by atoms with Gasteiger partial charge < -0.3 is 14.5 Å². The van der Waals surface area contributed by atoms with Crippen molar-refractivity contribution in [2.45, 2.75) is 6.42 Å². The fraction of sp³-hybridized carbons (Fsp3) is 0.167. The highest BCUT2D eigenvalue weighted by molar-refractivity contribution is 6.30. The van der Waals surface area contributed by atoms with Crippen LogP contribution in [-0.2, 0) is 6.42 Å². The molecular formula is C18H16ClN3O3. The van der Waals surface area contributed by atoms with Crippen LogP contribution in [0.2, 0.25) is 5.02 Å². The van der Waals surface area contributed by atoms with Crippen LogP contribution >= 0.6 is 11.6 Å². The summed E-state index contributed by atoms with van der Waals surface area (Å²) in [5, 5.41) is 11.1. The Kier molecular flexibility index (Phi) is 5.30. The Morgan fingerprint density at radius 2 is 2.00 bits per heavy atom. The van der Waals surface area contributed by atoms with Crippen molar-refractivity contribution in [3.05, 3.63) is 65.0 Å². The van der Waals surface area contributed by atoms with Gasteiger partial charge >= 0.3 is 11.8 Å². The minimum absolute atomic E-state index is 0.0751. The summed E-state index contributed by atoms with van der Waals surface area (Å²) in [5.74, 6) is 0.455. The van der Waals surface area contributed by atoms with Crippen LogP contribution in [0.15, 0.2) is 52.9 Å². The van der Waals surface area contributed by atoms with Crippen molar-refractivity contribution in [3.63, 3.8) is 0 Å². The topological polar surface area (TPSA) is 77.2 Å². The normalized spacial score (nSPS) is 10.5. The van der Waals surface area contributed by atoms with Crippen LogP contribution in [-0.4, -0.2) is 29.8 Å². The van der Waals surface area contributed by atoms with Gasteiger partial charge in [0.05, 0.1) is 7.11 Å². The van der Waals surface area contributed by atoms with Crippen molar-refractivity contribution in [1.29, 1.82) is 0 Å². The standard InChI is InChI=1S/C18H16ClN3O3/c1-24-15-4-2-3-13(11-15)17-21-22-18(25-17)16(23)20-10-9-12-5-7-14(19)8-6-12/h2-8,11H,9-10H2,1H3,(H,20,23). The number of aromatic nitrogens is 2. The van der Waals surface area contributed by atoms with E-state index in [1.54, 1.807) is 19.2 Å². The van der Waals surface area contributed by atoms with Crippen LogP contribution in [0.1, 0.15) is 16.2 Å². The highest BCUT2D eigenvalue weighted by Crippen LogP contribution is 2.22. The third-order valence-electron chi connectivity index (χ3n) is 3.55. The molecule has 3 rings (SSSR count). The van der Waals surface area contributed by atoms with Gasteiger partial charge in [0.1, 0.15) is 5.75 Å². The number of halogens is 1. The van der Waals surface area contributed by atoms with E-state index in [1.807, 2.05) is 36.4 Å². The van der Waals surface area contributed by atoms with Crippen molar-refractivity contribution in [3.8, 4) is 17.2 Å². The first-order valence-electron chi connectivity index (χ1n) is 7.66. The van der Waals surface area contributed by atoms with E-state index in [4.69, 9.17) is 20.8 Å². The minimum atomic E-state index is -0.407. The van der Waals surface area contributed by atoms with E-state index in [0.717, 1.165) is 5.56 Å². The molecule has 0 spiro atoms. The fourth-order valence-electron chi connectivity index (χ4n) is 2.23. The zero-order chi connectivity index (χ0) is 17.6. The predicted octanol–water partition coefficient (Wildman–Crippen LogP) is 3.37. The monoisotopic (exact) mass is 357 g/mol. The van der Waals surface area contributed by atoms with E-state index in [9.17, 15) is 4.79 Å². The highest BCUT2D eigenvalue weighted by atomic mass is 35.5. The number of hydrogen-bond donors (Lipinski definition) is 1. The van der Waals surface area contributed by atoms with Crippen LogP contribution in [0.3, 0.4) is 0 Å². The summed E-state index contributed by atoms with van der Waals surface area (Å²) in [6.45, 7) is 0.456. The first-order chi connectivity index (χ1) is 12.2. The van der Waals surface area contributed by atoms with Gasteiger partial charge in [-0.1, -0.05) is 29.8 Å². The predicted molar refractivity (Wildman–Crippen MR) is 93.8 cm³/mol. The Hall–Kier alpha value is -2.86. The minimum Gasteiger partial charge on any atom is -0.497 e. The zero-order valence-corrected chi connectivity index (χ0v) is 14.3. The number of rotatable bonds is 6. The number of carbonyl (C=O) groups excluding carboxylic acids is 1. The SMILES string of the molecule is COc1cccc(-c2nnc(C(=O)NCCc3ccc(Cl)cc3)o2)c1. The lowest BCUT2D eigenvalue weighted by Crippen LogP contribution is -2.26. The second kappa shape index (κ2) is 7.81. The lowest BCUT2D eigenvalue weighted by molar-refractivity contribution is 0.0920. The second-order valence-electron chi connectivity index (χ2n) is 5.28. The van der Waals surface area contributed by atoms with Crippen molar-refractivity contribution < 1.29 is 13.9 Å². The molecule has 3 aromatic rings. The van der Waals surface area contributed by atoms with Crippen LogP contribution < -0.4 is 10.1 Å². The average molecular weight is 358 g/mol. The number of hydrogen-bond acceptors (Lipinski definition) is 5. The number of carbonyl (C=O) groups is 1. The number of nitrogens with one attached hydrogen (secondary N) is 1. The molecule has 2 aromatic carbocycles. The molecule has 6 nitrogen and oxygen atoms in total. The molecule has 7 heteroatoms. The number of nitrogens with zero attached hydrogens (tertiary/aromatic N) is 2. The van der Waals surface area contributed by atoms with Crippen LogP contribution in [0.4, 0.5) is 0 Å². The smallest absolute Gasteiger partial charge is 0.308 e. The van der Waals surface area contributed by atoms with E-state index >= 15 is 0 Å². The zero-order valence-electron chi connectivity index (χ0n) is 13.5.